The van der Waals surface area contributed by atoms with Gasteiger partial charge >= 0.3 is 0 Å². The maximum absolute atomic E-state index is 12.3. The first kappa shape index (κ1) is 16.4. The highest BCUT2D eigenvalue weighted by molar-refractivity contribution is 7.89. The minimum Gasteiger partial charge on any atom is -0.361 e. The van der Waals surface area contributed by atoms with Gasteiger partial charge in [0, 0.05) is 55.9 Å². The van der Waals surface area contributed by atoms with Crippen LogP contribution in [0.15, 0.2) is 29.3 Å². The minimum atomic E-state index is -3.45. The number of aromatic amines is 1. The van der Waals surface area contributed by atoms with E-state index >= 15 is 0 Å². The van der Waals surface area contributed by atoms with Crippen LogP contribution in [0.4, 0.5) is 0 Å². The number of hydrogen-bond acceptors (Lipinski definition) is 4. The molecule has 0 spiro atoms. The molecule has 3 rings (SSSR count). The van der Waals surface area contributed by atoms with Gasteiger partial charge in [0.05, 0.1) is 4.90 Å². The van der Waals surface area contributed by atoms with E-state index in [1.54, 1.807) is 24.4 Å². The highest BCUT2D eigenvalue weighted by atomic mass is 32.2. The summed E-state index contributed by atoms with van der Waals surface area (Å²) in [5.41, 5.74) is 0.783. The minimum absolute atomic E-state index is 0.292. The Morgan fingerprint density at radius 1 is 1.26 bits per heavy atom. The van der Waals surface area contributed by atoms with Gasteiger partial charge in [-0.2, -0.15) is 0 Å². The predicted molar refractivity (Wildman–Crippen MR) is 90.9 cm³/mol. The van der Waals surface area contributed by atoms with Gasteiger partial charge in [-0.25, -0.2) is 13.1 Å². The van der Waals surface area contributed by atoms with Crippen molar-refractivity contribution >= 4 is 20.9 Å². The molecule has 1 aromatic heterocycles. The standard InChI is InChI=1S/C16H23N4O2S/c1-19-9-11-20(12-10-19)8-2-6-18-23(21,22)15-4-3-14-5-7-17-16(14)13-15/h3-4,7,13,17-18H,2,6,8-12H2,1H3. The normalized spacial score (nSPS) is 17.8. The quantitative estimate of drug-likeness (QED) is 0.769. The van der Waals surface area contributed by atoms with E-state index in [9.17, 15) is 8.42 Å². The summed E-state index contributed by atoms with van der Waals surface area (Å²) in [6, 6.07) is 8.05. The number of benzene rings is 1. The van der Waals surface area contributed by atoms with Crippen molar-refractivity contribution in [2.45, 2.75) is 11.3 Å². The number of nitrogens with zero attached hydrogens (tertiary/aromatic N) is 2. The van der Waals surface area contributed by atoms with E-state index in [4.69, 9.17) is 0 Å². The summed E-state index contributed by atoms with van der Waals surface area (Å²) in [6.07, 6.45) is 2.51. The Morgan fingerprint density at radius 2 is 2.04 bits per heavy atom. The van der Waals surface area contributed by atoms with Crippen LogP contribution < -0.4 is 4.72 Å². The first-order valence-electron chi connectivity index (χ1n) is 7.94. The average Bonchev–Trinajstić information content (AvgIpc) is 3.01. The molecule has 1 fully saturated rings. The molecule has 23 heavy (non-hydrogen) atoms. The fourth-order valence-electron chi connectivity index (χ4n) is 2.79. The summed E-state index contributed by atoms with van der Waals surface area (Å²) in [7, 11) is -1.32. The number of rotatable bonds is 6. The lowest BCUT2D eigenvalue weighted by atomic mass is 10.2. The van der Waals surface area contributed by atoms with Crippen molar-refractivity contribution in [3.05, 3.63) is 30.5 Å². The van der Waals surface area contributed by atoms with Gasteiger partial charge in [0.2, 0.25) is 10.0 Å². The first-order chi connectivity index (χ1) is 11.0. The number of aromatic nitrogens is 1. The molecule has 2 heterocycles. The van der Waals surface area contributed by atoms with Crippen molar-refractivity contribution in [3.63, 3.8) is 0 Å². The van der Waals surface area contributed by atoms with Crippen LogP contribution in [0, 0.1) is 6.07 Å². The van der Waals surface area contributed by atoms with Crippen LogP contribution in [-0.2, 0) is 10.0 Å². The maximum atomic E-state index is 12.3. The van der Waals surface area contributed by atoms with Crippen LogP contribution in [0.2, 0.25) is 0 Å². The molecule has 0 saturated carbocycles. The largest absolute Gasteiger partial charge is 0.361 e. The number of piperazine rings is 1. The molecule has 125 valence electrons. The number of hydrogen-bond donors (Lipinski definition) is 2. The molecule has 0 aliphatic carbocycles. The number of nitrogens with one attached hydrogen (secondary N) is 2. The molecule has 1 saturated heterocycles. The summed E-state index contributed by atoms with van der Waals surface area (Å²) >= 11 is 0. The zero-order valence-corrected chi connectivity index (χ0v) is 14.2. The van der Waals surface area contributed by atoms with Crippen LogP contribution in [0.5, 0.6) is 0 Å². The molecule has 0 unspecified atom stereocenters. The predicted octanol–water partition coefficient (Wildman–Crippen LogP) is 0.884. The third-order valence-corrected chi connectivity index (χ3v) is 5.75. The Bertz CT molecular complexity index is 748. The second kappa shape index (κ2) is 7.00. The molecular formula is C16H23N4O2S. The monoisotopic (exact) mass is 335 g/mol. The molecule has 1 aliphatic rings. The van der Waals surface area contributed by atoms with Gasteiger partial charge in [-0.3, -0.25) is 0 Å². The lowest BCUT2D eigenvalue weighted by Gasteiger charge is -2.32. The molecule has 7 heteroatoms. The number of fused-ring (bicyclic) bond motifs is 1. The van der Waals surface area contributed by atoms with Crippen LogP contribution >= 0.6 is 0 Å². The van der Waals surface area contributed by atoms with E-state index < -0.39 is 10.0 Å². The van der Waals surface area contributed by atoms with Gasteiger partial charge in [0.1, 0.15) is 0 Å². The van der Waals surface area contributed by atoms with E-state index in [1.807, 2.05) is 0 Å². The van der Waals surface area contributed by atoms with E-state index in [1.165, 1.54) is 0 Å². The Morgan fingerprint density at radius 3 is 2.83 bits per heavy atom. The van der Waals surface area contributed by atoms with Gasteiger partial charge in [0.25, 0.3) is 0 Å². The summed E-state index contributed by atoms with van der Waals surface area (Å²) in [5, 5.41) is 0.888. The smallest absolute Gasteiger partial charge is 0.240 e. The molecule has 0 amide bonds. The molecule has 1 radical (unpaired) electrons. The SMILES string of the molecule is CN1CCN(CCCNS(=O)(=O)c2ccc3[c]c[nH]c3c2)CC1. The topological polar surface area (TPSA) is 68.4 Å². The number of likely N-dealkylation sites (N-methyl/N-ethyl adjacent to an activating group) is 1. The molecular weight excluding hydrogens is 312 g/mol. The Hall–Kier alpha value is -1.41. The summed E-state index contributed by atoms with van der Waals surface area (Å²) < 4.78 is 27.4. The summed E-state index contributed by atoms with van der Waals surface area (Å²) in [6.45, 7) is 5.68. The summed E-state index contributed by atoms with van der Waals surface area (Å²) in [5.74, 6) is 0. The summed E-state index contributed by atoms with van der Waals surface area (Å²) in [4.78, 5) is 7.98. The second-order valence-electron chi connectivity index (χ2n) is 6.04. The second-order valence-corrected chi connectivity index (χ2v) is 7.80. The molecule has 2 aromatic rings. The van der Waals surface area contributed by atoms with Crippen molar-refractivity contribution in [2.75, 3.05) is 46.3 Å². The van der Waals surface area contributed by atoms with Crippen LogP contribution in [0.25, 0.3) is 10.9 Å². The third kappa shape index (κ3) is 4.11. The Labute approximate surface area is 137 Å². The zero-order valence-electron chi connectivity index (χ0n) is 13.4. The molecule has 2 N–H and O–H groups in total. The number of H-pyrrole nitrogens is 1. The molecule has 0 atom stereocenters. The Kier molecular flexibility index (Phi) is 5.01. The lowest BCUT2D eigenvalue weighted by molar-refractivity contribution is 0.153. The highest BCUT2D eigenvalue weighted by Crippen LogP contribution is 2.17. The molecule has 0 bridgehead atoms. The number of sulfonamides is 1. The van der Waals surface area contributed by atoms with Crippen molar-refractivity contribution in [1.82, 2.24) is 19.5 Å². The fourth-order valence-corrected chi connectivity index (χ4v) is 3.89. The third-order valence-electron chi connectivity index (χ3n) is 4.30. The zero-order chi connectivity index (χ0) is 16.3. The van der Waals surface area contributed by atoms with Crippen molar-refractivity contribution in [2.24, 2.45) is 0 Å². The van der Waals surface area contributed by atoms with E-state index in [2.05, 4.69) is 32.6 Å². The first-order valence-corrected chi connectivity index (χ1v) is 9.42. The lowest BCUT2D eigenvalue weighted by Crippen LogP contribution is -2.45. The van der Waals surface area contributed by atoms with E-state index in [-0.39, 0.29) is 0 Å². The van der Waals surface area contributed by atoms with Crippen molar-refractivity contribution in [1.29, 1.82) is 0 Å². The molecule has 1 aliphatic heterocycles. The molecule has 1 aromatic carbocycles. The maximum Gasteiger partial charge on any atom is 0.240 e. The fraction of sp³-hybridized carbons (Fsp3) is 0.500. The highest BCUT2D eigenvalue weighted by Gasteiger charge is 2.16. The van der Waals surface area contributed by atoms with Gasteiger partial charge in [-0.15, -0.1) is 0 Å². The Balaban J connectivity index is 1.50. The van der Waals surface area contributed by atoms with E-state index in [0.29, 0.717) is 11.4 Å². The van der Waals surface area contributed by atoms with Gasteiger partial charge in [-0.05, 0) is 32.1 Å². The van der Waals surface area contributed by atoms with Gasteiger partial charge in [-0.1, -0.05) is 6.07 Å². The van der Waals surface area contributed by atoms with E-state index in [0.717, 1.165) is 50.0 Å². The van der Waals surface area contributed by atoms with Gasteiger partial charge < -0.3 is 14.8 Å². The van der Waals surface area contributed by atoms with Crippen molar-refractivity contribution in [3.8, 4) is 0 Å². The van der Waals surface area contributed by atoms with Crippen LogP contribution in [0.1, 0.15) is 6.42 Å². The van der Waals surface area contributed by atoms with Crippen molar-refractivity contribution < 1.29 is 8.42 Å². The van der Waals surface area contributed by atoms with Crippen LogP contribution in [-0.4, -0.2) is 69.5 Å². The van der Waals surface area contributed by atoms with Gasteiger partial charge in [0.15, 0.2) is 0 Å². The average molecular weight is 335 g/mol. The van der Waals surface area contributed by atoms with Crippen LogP contribution in [0.3, 0.4) is 0 Å². The molecule has 6 nitrogen and oxygen atoms in total.